The number of aromatic nitrogens is 1. The van der Waals surface area contributed by atoms with Gasteiger partial charge in [-0.25, -0.2) is 0 Å². The van der Waals surface area contributed by atoms with Crippen LogP contribution in [-0.2, 0) is 0 Å². The highest BCUT2D eigenvalue weighted by atomic mass is 35.5. The fourth-order valence-corrected chi connectivity index (χ4v) is 2.88. The summed E-state index contributed by atoms with van der Waals surface area (Å²) in [5, 5.41) is 10.7. The molecule has 1 N–H and O–H groups in total. The SMILES string of the molecule is CC(C)n1cc(Cl)cc1C(=O)N1CCCC(C)(O)CC1. The van der Waals surface area contributed by atoms with Crippen molar-refractivity contribution in [1.82, 2.24) is 9.47 Å². The Kier molecular flexibility index (Phi) is 4.45. The van der Waals surface area contributed by atoms with Crippen LogP contribution in [0.5, 0.6) is 0 Å². The fraction of sp³-hybridized carbons (Fsp3) is 0.667. The molecule has 1 aliphatic heterocycles. The highest BCUT2D eigenvalue weighted by molar-refractivity contribution is 6.31. The Labute approximate surface area is 125 Å². The second kappa shape index (κ2) is 5.78. The summed E-state index contributed by atoms with van der Waals surface area (Å²) in [6.45, 7) is 7.18. The van der Waals surface area contributed by atoms with Crippen LogP contribution in [0, 0.1) is 0 Å². The van der Waals surface area contributed by atoms with Crippen molar-refractivity contribution in [2.24, 2.45) is 0 Å². The fourth-order valence-electron chi connectivity index (χ4n) is 2.67. The molecule has 1 saturated heterocycles. The van der Waals surface area contributed by atoms with Crippen LogP contribution in [0.1, 0.15) is 56.6 Å². The second-order valence-electron chi connectivity index (χ2n) is 6.19. The number of carbonyl (C=O) groups excluding carboxylic acids is 1. The predicted molar refractivity (Wildman–Crippen MR) is 80.2 cm³/mol. The van der Waals surface area contributed by atoms with Gasteiger partial charge in [-0.2, -0.15) is 0 Å². The number of nitrogens with zero attached hydrogens (tertiary/aromatic N) is 2. The summed E-state index contributed by atoms with van der Waals surface area (Å²) in [6.07, 6.45) is 3.99. The van der Waals surface area contributed by atoms with Crippen LogP contribution in [0.2, 0.25) is 5.02 Å². The molecule has 112 valence electrons. The lowest BCUT2D eigenvalue weighted by Gasteiger charge is -2.23. The number of carbonyl (C=O) groups is 1. The van der Waals surface area contributed by atoms with Crippen LogP contribution in [0.4, 0.5) is 0 Å². The lowest BCUT2D eigenvalue weighted by atomic mass is 9.98. The number of hydrogen-bond donors (Lipinski definition) is 1. The molecular weight excluding hydrogens is 276 g/mol. The van der Waals surface area contributed by atoms with Crippen molar-refractivity contribution in [1.29, 1.82) is 0 Å². The van der Waals surface area contributed by atoms with Crippen molar-refractivity contribution < 1.29 is 9.90 Å². The number of hydrogen-bond acceptors (Lipinski definition) is 2. The largest absolute Gasteiger partial charge is 0.390 e. The maximum absolute atomic E-state index is 12.7. The van der Waals surface area contributed by atoms with E-state index in [1.54, 1.807) is 12.3 Å². The second-order valence-corrected chi connectivity index (χ2v) is 6.62. The van der Waals surface area contributed by atoms with Crippen LogP contribution >= 0.6 is 11.6 Å². The number of amides is 1. The summed E-state index contributed by atoms with van der Waals surface area (Å²) in [7, 11) is 0. The monoisotopic (exact) mass is 298 g/mol. The smallest absolute Gasteiger partial charge is 0.270 e. The highest BCUT2D eigenvalue weighted by Gasteiger charge is 2.28. The van der Waals surface area contributed by atoms with Gasteiger partial charge < -0.3 is 14.6 Å². The molecule has 1 fully saturated rings. The van der Waals surface area contributed by atoms with E-state index in [9.17, 15) is 9.90 Å². The number of halogens is 1. The van der Waals surface area contributed by atoms with Crippen LogP contribution in [0.3, 0.4) is 0 Å². The first-order chi connectivity index (χ1) is 9.30. The molecule has 0 spiro atoms. The summed E-state index contributed by atoms with van der Waals surface area (Å²) in [4.78, 5) is 14.5. The van der Waals surface area contributed by atoms with Gasteiger partial charge in [-0.3, -0.25) is 4.79 Å². The molecular formula is C15H23ClN2O2. The van der Waals surface area contributed by atoms with E-state index in [0.29, 0.717) is 30.2 Å². The van der Waals surface area contributed by atoms with E-state index in [1.807, 2.05) is 30.2 Å². The zero-order valence-corrected chi connectivity index (χ0v) is 13.2. The summed E-state index contributed by atoms with van der Waals surface area (Å²) >= 11 is 6.04. The third kappa shape index (κ3) is 3.36. The van der Waals surface area contributed by atoms with Gasteiger partial charge in [0.2, 0.25) is 0 Å². The van der Waals surface area contributed by atoms with Crippen LogP contribution < -0.4 is 0 Å². The number of likely N-dealkylation sites (tertiary alicyclic amines) is 1. The first-order valence-corrected chi connectivity index (χ1v) is 7.57. The van der Waals surface area contributed by atoms with E-state index in [4.69, 9.17) is 11.6 Å². The Bertz CT molecular complexity index is 494. The molecule has 0 aromatic carbocycles. The molecule has 1 atom stereocenters. The van der Waals surface area contributed by atoms with Gasteiger partial charge in [0.05, 0.1) is 10.6 Å². The third-order valence-electron chi connectivity index (χ3n) is 3.94. The molecule has 0 bridgehead atoms. The minimum Gasteiger partial charge on any atom is -0.390 e. The summed E-state index contributed by atoms with van der Waals surface area (Å²) in [5.74, 6) is 0.00306. The standard InChI is InChI=1S/C15H23ClN2O2/c1-11(2)18-10-12(16)9-13(18)14(19)17-7-4-5-15(3,20)6-8-17/h9-11,20H,4-8H2,1-3H3. The minimum atomic E-state index is -0.660. The lowest BCUT2D eigenvalue weighted by molar-refractivity contribution is 0.0436. The molecule has 1 aliphatic rings. The average molecular weight is 299 g/mol. The molecule has 1 aromatic rings. The summed E-state index contributed by atoms with van der Waals surface area (Å²) in [5.41, 5.74) is -0.0289. The van der Waals surface area contributed by atoms with Gasteiger partial charge in [0.25, 0.3) is 5.91 Å². The van der Waals surface area contributed by atoms with E-state index < -0.39 is 5.60 Å². The topological polar surface area (TPSA) is 45.5 Å². The first kappa shape index (κ1) is 15.4. The van der Waals surface area contributed by atoms with Gasteiger partial charge in [0.15, 0.2) is 0 Å². The molecule has 20 heavy (non-hydrogen) atoms. The number of rotatable bonds is 2. The molecule has 4 nitrogen and oxygen atoms in total. The molecule has 2 rings (SSSR count). The minimum absolute atomic E-state index is 0.00306. The van der Waals surface area contributed by atoms with Gasteiger partial charge in [-0.1, -0.05) is 11.6 Å². The molecule has 1 aromatic heterocycles. The summed E-state index contributed by atoms with van der Waals surface area (Å²) < 4.78 is 1.91. The molecule has 5 heteroatoms. The van der Waals surface area contributed by atoms with Crippen molar-refractivity contribution in [2.75, 3.05) is 13.1 Å². The van der Waals surface area contributed by atoms with Gasteiger partial charge in [-0.05, 0) is 46.1 Å². The molecule has 0 aliphatic carbocycles. The number of aliphatic hydroxyl groups is 1. The van der Waals surface area contributed by atoms with E-state index >= 15 is 0 Å². The van der Waals surface area contributed by atoms with Gasteiger partial charge >= 0.3 is 0 Å². The Hall–Kier alpha value is -1.00. The highest BCUT2D eigenvalue weighted by Crippen LogP contribution is 2.24. The predicted octanol–water partition coefficient (Wildman–Crippen LogP) is 3.10. The van der Waals surface area contributed by atoms with Gasteiger partial charge in [-0.15, -0.1) is 0 Å². The summed E-state index contributed by atoms with van der Waals surface area (Å²) in [6, 6.07) is 1.92. The van der Waals surface area contributed by atoms with Crippen LogP contribution in [0.15, 0.2) is 12.3 Å². The van der Waals surface area contributed by atoms with E-state index in [1.165, 1.54) is 0 Å². The lowest BCUT2D eigenvalue weighted by Crippen LogP contribution is -2.34. The molecule has 1 amide bonds. The zero-order chi connectivity index (χ0) is 14.9. The van der Waals surface area contributed by atoms with Gasteiger partial charge in [0, 0.05) is 25.3 Å². The quantitative estimate of drug-likeness (QED) is 0.912. The Morgan fingerprint density at radius 1 is 1.40 bits per heavy atom. The molecule has 1 unspecified atom stereocenters. The van der Waals surface area contributed by atoms with Crippen molar-refractivity contribution in [2.45, 2.75) is 51.7 Å². The Balaban J connectivity index is 2.19. The Morgan fingerprint density at radius 3 is 2.75 bits per heavy atom. The molecule has 0 saturated carbocycles. The average Bonchev–Trinajstić information content (AvgIpc) is 2.65. The first-order valence-electron chi connectivity index (χ1n) is 7.19. The molecule has 0 radical (unpaired) electrons. The van der Waals surface area contributed by atoms with Crippen LogP contribution in [0.25, 0.3) is 0 Å². The maximum atomic E-state index is 12.7. The van der Waals surface area contributed by atoms with Crippen molar-refractivity contribution >= 4 is 17.5 Å². The van der Waals surface area contributed by atoms with Crippen molar-refractivity contribution in [3.63, 3.8) is 0 Å². The zero-order valence-electron chi connectivity index (χ0n) is 12.4. The van der Waals surface area contributed by atoms with Crippen molar-refractivity contribution in [3.05, 3.63) is 23.0 Å². The van der Waals surface area contributed by atoms with E-state index in [2.05, 4.69) is 0 Å². The Morgan fingerprint density at radius 2 is 2.10 bits per heavy atom. The maximum Gasteiger partial charge on any atom is 0.270 e. The van der Waals surface area contributed by atoms with Gasteiger partial charge in [0.1, 0.15) is 5.69 Å². The van der Waals surface area contributed by atoms with E-state index in [-0.39, 0.29) is 11.9 Å². The van der Waals surface area contributed by atoms with Crippen molar-refractivity contribution in [3.8, 4) is 0 Å². The van der Waals surface area contributed by atoms with Crippen LogP contribution in [-0.4, -0.2) is 39.2 Å². The molecule has 2 heterocycles. The third-order valence-corrected chi connectivity index (χ3v) is 4.15. The van der Waals surface area contributed by atoms with E-state index in [0.717, 1.165) is 12.8 Å². The normalized spacial score (nSPS) is 24.0.